The van der Waals surface area contributed by atoms with Crippen molar-refractivity contribution in [1.29, 1.82) is 0 Å². The fourth-order valence-corrected chi connectivity index (χ4v) is 2.99. The number of fused-ring (bicyclic) bond motifs is 1. The van der Waals surface area contributed by atoms with Crippen LogP contribution in [0.2, 0.25) is 0 Å². The Morgan fingerprint density at radius 1 is 1.35 bits per heavy atom. The Morgan fingerprint density at radius 3 is 2.81 bits per heavy atom. The van der Waals surface area contributed by atoms with Crippen molar-refractivity contribution in [3.8, 4) is 11.5 Å². The summed E-state index contributed by atoms with van der Waals surface area (Å²) in [6.45, 7) is 9.66. The largest absolute Gasteiger partial charge is 0.485 e. The van der Waals surface area contributed by atoms with Gasteiger partial charge >= 0.3 is 0 Å². The maximum Gasteiger partial charge on any atom is 0.284 e. The second kappa shape index (κ2) is 7.64. The predicted octanol–water partition coefficient (Wildman–Crippen LogP) is 3.05. The van der Waals surface area contributed by atoms with Crippen LogP contribution in [0.15, 0.2) is 35.4 Å². The van der Waals surface area contributed by atoms with E-state index in [0.717, 1.165) is 17.8 Å². The summed E-state index contributed by atoms with van der Waals surface area (Å²) in [5, 5.41) is 4.09. The minimum absolute atomic E-state index is 0.168. The van der Waals surface area contributed by atoms with Gasteiger partial charge in [0.25, 0.3) is 5.91 Å². The highest BCUT2D eigenvalue weighted by Crippen LogP contribution is 2.30. The van der Waals surface area contributed by atoms with E-state index < -0.39 is 6.10 Å². The first kappa shape index (κ1) is 18.0. The molecule has 2 heterocycles. The number of hydrazone groups is 1. The molecule has 0 spiro atoms. The molecule has 2 aromatic rings. The van der Waals surface area contributed by atoms with Gasteiger partial charge in [0, 0.05) is 23.5 Å². The molecule has 0 radical (unpaired) electrons. The zero-order chi connectivity index (χ0) is 18.7. The SMILES string of the molecule is Cc1cc(C=NNC(=O)C2COc3ccccc3O2)c(C)n1CC(C)C. The highest BCUT2D eigenvalue weighted by atomic mass is 16.6. The molecule has 138 valence electrons. The van der Waals surface area contributed by atoms with Gasteiger partial charge in [0.2, 0.25) is 6.10 Å². The molecule has 0 bridgehead atoms. The van der Waals surface area contributed by atoms with Crippen molar-refractivity contribution < 1.29 is 14.3 Å². The molecule has 1 aromatic heterocycles. The van der Waals surface area contributed by atoms with E-state index in [-0.39, 0.29) is 12.5 Å². The van der Waals surface area contributed by atoms with Crippen LogP contribution in [0, 0.1) is 19.8 Å². The predicted molar refractivity (Wildman–Crippen MR) is 101 cm³/mol. The first-order chi connectivity index (χ1) is 12.5. The Labute approximate surface area is 153 Å². The summed E-state index contributed by atoms with van der Waals surface area (Å²) in [5.41, 5.74) is 5.86. The summed E-state index contributed by atoms with van der Waals surface area (Å²) >= 11 is 0. The van der Waals surface area contributed by atoms with Gasteiger partial charge in [-0.25, -0.2) is 5.43 Å². The van der Waals surface area contributed by atoms with Gasteiger partial charge < -0.3 is 14.0 Å². The van der Waals surface area contributed by atoms with E-state index in [1.165, 1.54) is 5.69 Å². The van der Waals surface area contributed by atoms with E-state index >= 15 is 0 Å². The lowest BCUT2D eigenvalue weighted by molar-refractivity contribution is -0.130. The number of nitrogens with zero attached hydrogens (tertiary/aromatic N) is 2. The molecule has 0 fully saturated rings. The molecule has 1 aromatic carbocycles. The van der Waals surface area contributed by atoms with Crippen molar-refractivity contribution in [1.82, 2.24) is 9.99 Å². The number of hydrogen-bond donors (Lipinski definition) is 1. The number of para-hydroxylation sites is 2. The third-order valence-electron chi connectivity index (χ3n) is 4.34. The number of rotatable bonds is 5. The molecular formula is C20H25N3O3. The van der Waals surface area contributed by atoms with Crippen molar-refractivity contribution in [3.63, 3.8) is 0 Å². The topological polar surface area (TPSA) is 64.8 Å². The Balaban J connectivity index is 1.62. The summed E-state index contributed by atoms with van der Waals surface area (Å²) in [6.07, 6.45) is 0.963. The Morgan fingerprint density at radius 2 is 2.08 bits per heavy atom. The summed E-state index contributed by atoms with van der Waals surface area (Å²) in [6, 6.07) is 9.37. The average Bonchev–Trinajstić information content (AvgIpc) is 2.88. The lowest BCUT2D eigenvalue weighted by atomic mass is 10.2. The fraction of sp³-hybridized carbons (Fsp3) is 0.400. The van der Waals surface area contributed by atoms with Crippen LogP contribution in [0.4, 0.5) is 0 Å². The van der Waals surface area contributed by atoms with Gasteiger partial charge in [-0.2, -0.15) is 5.10 Å². The normalized spacial score (nSPS) is 16.3. The molecule has 1 amide bonds. The zero-order valence-electron chi connectivity index (χ0n) is 15.7. The van der Waals surface area contributed by atoms with Gasteiger partial charge in [0.05, 0.1) is 6.21 Å². The van der Waals surface area contributed by atoms with Crippen LogP contribution in [0.3, 0.4) is 0 Å². The molecule has 1 aliphatic heterocycles. The molecule has 6 heteroatoms. The maximum atomic E-state index is 12.3. The molecule has 1 atom stereocenters. The van der Waals surface area contributed by atoms with Crippen LogP contribution >= 0.6 is 0 Å². The first-order valence-corrected chi connectivity index (χ1v) is 8.84. The zero-order valence-corrected chi connectivity index (χ0v) is 15.7. The average molecular weight is 355 g/mol. The molecule has 1 aliphatic rings. The summed E-state index contributed by atoms with van der Waals surface area (Å²) in [4.78, 5) is 12.3. The van der Waals surface area contributed by atoms with Crippen LogP contribution < -0.4 is 14.9 Å². The van der Waals surface area contributed by atoms with Crippen LogP contribution in [-0.4, -0.2) is 29.4 Å². The third-order valence-corrected chi connectivity index (χ3v) is 4.34. The molecule has 26 heavy (non-hydrogen) atoms. The van der Waals surface area contributed by atoms with Crippen LogP contribution in [-0.2, 0) is 11.3 Å². The van der Waals surface area contributed by atoms with E-state index in [4.69, 9.17) is 9.47 Å². The minimum Gasteiger partial charge on any atom is -0.485 e. The van der Waals surface area contributed by atoms with E-state index in [2.05, 4.69) is 48.9 Å². The van der Waals surface area contributed by atoms with E-state index in [1.807, 2.05) is 18.2 Å². The number of carbonyl (C=O) groups is 1. The van der Waals surface area contributed by atoms with E-state index in [9.17, 15) is 4.79 Å². The Kier molecular flexibility index (Phi) is 5.30. The monoisotopic (exact) mass is 355 g/mol. The lowest BCUT2D eigenvalue weighted by Gasteiger charge is -2.24. The van der Waals surface area contributed by atoms with Crippen molar-refractivity contribution in [2.45, 2.75) is 40.3 Å². The smallest absolute Gasteiger partial charge is 0.284 e. The number of aromatic nitrogens is 1. The molecule has 0 saturated carbocycles. The van der Waals surface area contributed by atoms with Crippen molar-refractivity contribution in [3.05, 3.63) is 47.3 Å². The van der Waals surface area contributed by atoms with Gasteiger partial charge in [-0.15, -0.1) is 0 Å². The lowest BCUT2D eigenvalue weighted by Crippen LogP contribution is -2.42. The summed E-state index contributed by atoms with van der Waals surface area (Å²) in [5.74, 6) is 1.46. The second-order valence-electron chi connectivity index (χ2n) is 6.93. The third kappa shape index (κ3) is 3.90. The van der Waals surface area contributed by atoms with Crippen LogP contribution in [0.25, 0.3) is 0 Å². The molecular weight excluding hydrogens is 330 g/mol. The molecule has 3 rings (SSSR count). The first-order valence-electron chi connectivity index (χ1n) is 8.84. The number of hydrogen-bond acceptors (Lipinski definition) is 4. The molecule has 6 nitrogen and oxygen atoms in total. The number of nitrogens with one attached hydrogen (secondary N) is 1. The minimum atomic E-state index is -0.713. The van der Waals surface area contributed by atoms with Gasteiger partial charge in [0.15, 0.2) is 11.5 Å². The van der Waals surface area contributed by atoms with Gasteiger partial charge in [-0.05, 0) is 38.0 Å². The fourth-order valence-electron chi connectivity index (χ4n) is 2.99. The Bertz CT molecular complexity index is 824. The number of ether oxygens (including phenoxy) is 2. The number of amides is 1. The molecule has 0 aliphatic carbocycles. The molecule has 0 saturated heterocycles. The van der Waals surface area contributed by atoms with Crippen molar-refractivity contribution in [2.75, 3.05) is 6.61 Å². The van der Waals surface area contributed by atoms with E-state index in [0.29, 0.717) is 17.4 Å². The highest BCUT2D eigenvalue weighted by Gasteiger charge is 2.27. The Hall–Kier alpha value is -2.76. The number of benzene rings is 1. The standard InChI is InChI=1S/C20H25N3O3/c1-13(2)11-23-14(3)9-16(15(23)4)10-21-22-20(24)19-12-25-17-7-5-6-8-18(17)26-19/h5-10,13,19H,11-12H2,1-4H3,(H,22,24). The van der Waals surface area contributed by atoms with E-state index in [1.54, 1.807) is 12.3 Å². The van der Waals surface area contributed by atoms with Crippen LogP contribution in [0.1, 0.15) is 30.8 Å². The van der Waals surface area contributed by atoms with Crippen molar-refractivity contribution >= 4 is 12.1 Å². The number of carbonyl (C=O) groups excluding carboxylic acids is 1. The molecule has 1 N–H and O–H groups in total. The van der Waals surface area contributed by atoms with Crippen LogP contribution in [0.5, 0.6) is 11.5 Å². The quantitative estimate of drug-likeness (QED) is 0.662. The summed E-state index contributed by atoms with van der Waals surface area (Å²) in [7, 11) is 0. The van der Waals surface area contributed by atoms with Gasteiger partial charge in [-0.1, -0.05) is 26.0 Å². The highest BCUT2D eigenvalue weighted by molar-refractivity contribution is 5.85. The summed E-state index contributed by atoms with van der Waals surface area (Å²) < 4.78 is 13.5. The second-order valence-corrected chi connectivity index (χ2v) is 6.93. The number of aryl methyl sites for hydroxylation is 1. The van der Waals surface area contributed by atoms with Gasteiger partial charge in [-0.3, -0.25) is 4.79 Å². The van der Waals surface area contributed by atoms with Crippen molar-refractivity contribution in [2.24, 2.45) is 11.0 Å². The molecule has 1 unspecified atom stereocenters. The maximum absolute atomic E-state index is 12.3. The van der Waals surface area contributed by atoms with Gasteiger partial charge in [0.1, 0.15) is 6.61 Å².